The van der Waals surface area contributed by atoms with Gasteiger partial charge in [0.1, 0.15) is 5.41 Å². The van der Waals surface area contributed by atoms with Crippen LogP contribution in [0.4, 0.5) is 0 Å². The molecule has 1 saturated heterocycles. The summed E-state index contributed by atoms with van der Waals surface area (Å²) in [6.45, 7) is 6.98. The zero-order valence-corrected chi connectivity index (χ0v) is 20.4. The second kappa shape index (κ2) is 9.33. The maximum absolute atomic E-state index is 14.0. The second-order valence-corrected chi connectivity index (χ2v) is 9.38. The highest BCUT2D eigenvalue weighted by atomic mass is 35.5. The number of carbonyl (C=O) groups is 2. The van der Waals surface area contributed by atoms with E-state index in [1.807, 2.05) is 59.6 Å². The quantitative estimate of drug-likeness (QED) is 0.439. The summed E-state index contributed by atoms with van der Waals surface area (Å²) in [6.07, 6.45) is 1.06. The number of hydrazine groups is 1. The van der Waals surface area contributed by atoms with E-state index in [1.54, 1.807) is 30.1 Å². The van der Waals surface area contributed by atoms with Crippen LogP contribution in [0.3, 0.4) is 0 Å². The van der Waals surface area contributed by atoms with Crippen molar-refractivity contribution < 1.29 is 14.3 Å². The molecule has 2 atom stereocenters. The first-order chi connectivity index (χ1) is 17.0. The number of hydrogen-bond donors (Lipinski definition) is 0. The minimum absolute atomic E-state index is 0.211. The molecule has 0 spiro atoms. The third-order valence-corrected chi connectivity index (χ3v) is 7.21. The predicted molar refractivity (Wildman–Crippen MR) is 136 cm³/mol. The Hall–Kier alpha value is -3.41. The molecule has 3 aromatic carbocycles. The second-order valence-electron chi connectivity index (χ2n) is 8.94. The number of benzene rings is 3. The largest absolute Gasteiger partial charge is 0.465 e. The van der Waals surface area contributed by atoms with Crippen molar-refractivity contribution in [3.8, 4) is 0 Å². The van der Waals surface area contributed by atoms with Crippen LogP contribution in [0.1, 0.15) is 40.0 Å². The minimum Gasteiger partial charge on any atom is -0.465 e. The average molecular weight is 487 g/mol. The molecule has 0 radical (unpaired) electrons. The molecule has 2 aliphatic rings. The summed E-state index contributed by atoms with van der Waals surface area (Å²) in [6, 6.07) is 24.3. The van der Waals surface area contributed by atoms with Crippen LogP contribution in [0.5, 0.6) is 0 Å². The molecule has 0 aromatic heterocycles. The summed E-state index contributed by atoms with van der Waals surface area (Å²) in [4.78, 5) is 27.8. The van der Waals surface area contributed by atoms with E-state index in [4.69, 9.17) is 16.3 Å². The van der Waals surface area contributed by atoms with Crippen molar-refractivity contribution in [3.63, 3.8) is 0 Å². The molecule has 0 unspecified atom stereocenters. The van der Waals surface area contributed by atoms with Crippen LogP contribution in [0.25, 0.3) is 0 Å². The molecule has 0 aliphatic carbocycles. The van der Waals surface area contributed by atoms with Crippen molar-refractivity contribution in [2.75, 3.05) is 13.2 Å². The Kier molecular flexibility index (Phi) is 6.22. The fourth-order valence-corrected chi connectivity index (χ4v) is 5.67. The van der Waals surface area contributed by atoms with Crippen LogP contribution in [0.2, 0.25) is 5.02 Å². The minimum atomic E-state index is -1.21. The van der Waals surface area contributed by atoms with E-state index in [9.17, 15) is 9.59 Å². The number of ether oxygens (including phenoxy) is 1. The molecule has 178 valence electrons. The summed E-state index contributed by atoms with van der Waals surface area (Å²) >= 11 is 6.32. The summed E-state index contributed by atoms with van der Waals surface area (Å²) in [5, 5.41) is 4.20. The molecule has 5 nitrogen and oxygen atoms in total. The van der Waals surface area contributed by atoms with E-state index in [0.717, 1.165) is 23.1 Å². The van der Waals surface area contributed by atoms with Gasteiger partial charge in [0.15, 0.2) is 0 Å². The number of nitrogens with zero attached hydrogens (tertiary/aromatic N) is 2. The normalized spacial score (nSPS) is 21.4. The summed E-state index contributed by atoms with van der Waals surface area (Å²) in [7, 11) is 0. The topological polar surface area (TPSA) is 49.9 Å². The molecule has 6 heteroatoms. The molecule has 0 N–H and O–H groups in total. The molecule has 35 heavy (non-hydrogen) atoms. The molecule has 3 aromatic rings. The zero-order chi connectivity index (χ0) is 24.6. The van der Waals surface area contributed by atoms with E-state index >= 15 is 0 Å². The standard InChI is InChI=1S/C29H27ClN2O3/c1-3-35-28(34)29(19-21-10-9-14-24(30)18-21)20(2)32(27(33)23-12-5-4-6-13-23)31-17-16-22-11-7-8-15-25(22)26(29)31/h4-15,18,26H,2-3,16-17,19H2,1H3/t26-,29-/m1/s1. The van der Waals surface area contributed by atoms with Crippen molar-refractivity contribution in [2.24, 2.45) is 5.41 Å². The van der Waals surface area contributed by atoms with Gasteiger partial charge in [0.2, 0.25) is 0 Å². The maximum Gasteiger partial charge on any atom is 0.320 e. The highest BCUT2D eigenvalue weighted by Crippen LogP contribution is 2.57. The monoisotopic (exact) mass is 486 g/mol. The average Bonchev–Trinajstić information content (AvgIpc) is 3.13. The Morgan fingerprint density at radius 1 is 1.06 bits per heavy atom. The van der Waals surface area contributed by atoms with Gasteiger partial charge in [-0.15, -0.1) is 0 Å². The van der Waals surface area contributed by atoms with Crippen molar-refractivity contribution in [3.05, 3.63) is 118 Å². The molecule has 2 aliphatic heterocycles. The first-order valence-corrected chi connectivity index (χ1v) is 12.2. The molecular weight excluding hydrogens is 460 g/mol. The Balaban J connectivity index is 1.72. The van der Waals surface area contributed by atoms with Crippen LogP contribution in [0.15, 0.2) is 91.1 Å². The van der Waals surface area contributed by atoms with Crippen molar-refractivity contribution in [2.45, 2.75) is 25.8 Å². The van der Waals surface area contributed by atoms with Crippen molar-refractivity contribution >= 4 is 23.5 Å². The van der Waals surface area contributed by atoms with E-state index in [1.165, 1.54) is 0 Å². The lowest BCUT2D eigenvalue weighted by Crippen LogP contribution is -2.46. The Bertz CT molecular complexity index is 1290. The van der Waals surface area contributed by atoms with Gasteiger partial charge in [-0.2, -0.15) is 0 Å². The Labute approximate surface area is 210 Å². The lowest BCUT2D eigenvalue weighted by atomic mass is 9.69. The van der Waals surface area contributed by atoms with Gasteiger partial charge in [-0.3, -0.25) is 9.59 Å². The SMILES string of the molecule is C=C1N(C(=O)c2ccccc2)N2CCc3ccccc3[C@@H]2[C@]1(Cc1cccc(Cl)c1)C(=O)OCC. The fraction of sp³-hybridized carbons (Fsp3) is 0.241. The van der Waals surface area contributed by atoms with Crippen LogP contribution in [0, 0.1) is 5.41 Å². The third kappa shape index (κ3) is 3.85. The predicted octanol–water partition coefficient (Wildman–Crippen LogP) is 5.62. The van der Waals surface area contributed by atoms with Crippen molar-refractivity contribution in [1.82, 2.24) is 10.0 Å². The van der Waals surface area contributed by atoms with Gasteiger partial charge in [0, 0.05) is 17.1 Å². The molecule has 1 amide bonds. The lowest BCUT2D eigenvalue weighted by Gasteiger charge is -2.39. The number of hydrogen-bond acceptors (Lipinski definition) is 4. The number of carbonyl (C=O) groups excluding carboxylic acids is 2. The summed E-state index contributed by atoms with van der Waals surface area (Å²) < 4.78 is 5.70. The van der Waals surface area contributed by atoms with Crippen LogP contribution in [-0.4, -0.2) is 35.0 Å². The maximum atomic E-state index is 14.0. The van der Waals surface area contributed by atoms with Gasteiger partial charge in [-0.05, 0) is 60.7 Å². The van der Waals surface area contributed by atoms with Gasteiger partial charge >= 0.3 is 5.97 Å². The number of fused-ring (bicyclic) bond motifs is 3. The van der Waals surface area contributed by atoms with E-state index in [0.29, 0.717) is 29.2 Å². The smallest absolute Gasteiger partial charge is 0.320 e. The lowest BCUT2D eigenvalue weighted by molar-refractivity contribution is -0.155. The summed E-state index contributed by atoms with van der Waals surface area (Å²) in [5.74, 6) is -0.600. The third-order valence-electron chi connectivity index (χ3n) is 6.98. The number of esters is 1. The first kappa shape index (κ1) is 23.3. The molecular formula is C29H27ClN2O3. The van der Waals surface area contributed by atoms with Gasteiger partial charge in [0.25, 0.3) is 5.91 Å². The summed E-state index contributed by atoms with van der Waals surface area (Å²) in [5.41, 5.74) is 2.80. The number of halogens is 1. The molecule has 0 saturated carbocycles. The van der Waals surface area contributed by atoms with Crippen LogP contribution >= 0.6 is 11.6 Å². The highest BCUT2D eigenvalue weighted by molar-refractivity contribution is 6.30. The zero-order valence-electron chi connectivity index (χ0n) is 19.6. The molecule has 2 heterocycles. The number of rotatable bonds is 5. The molecule has 0 bridgehead atoms. The number of amides is 1. The Morgan fingerprint density at radius 3 is 2.54 bits per heavy atom. The van der Waals surface area contributed by atoms with Gasteiger partial charge in [-0.1, -0.05) is 72.8 Å². The Morgan fingerprint density at radius 2 is 1.80 bits per heavy atom. The van der Waals surface area contributed by atoms with E-state index < -0.39 is 11.5 Å². The highest BCUT2D eigenvalue weighted by Gasteiger charge is 2.63. The van der Waals surface area contributed by atoms with Crippen LogP contribution in [-0.2, 0) is 22.4 Å². The fourth-order valence-electron chi connectivity index (χ4n) is 5.46. The van der Waals surface area contributed by atoms with Gasteiger partial charge < -0.3 is 4.74 Å². The van der Waals surface area contributed by atoms with E-state index in [2.05, 4.69) is 12.6 Å². The van der Waals surface area contributed by atoms with Gasteiger partial charge in [-0.25, -0.2) is 10.0 Å². The molecule has 5 rings (SSSR count). The van der Waals surface area contributed by atoms with Crippen LogP contribution < -0.4 is 0 Å². The van der Waals surface area contributed by atoms with E-state index in [-0.39, 0.29) is 18.5 Å². The first-order valence-electron chi connectivity index (χ1n) is 11.8. The van der Waals surface area contributed by atoms with Crippen molar-refractivity contribution in [1.29, 1.82) is 0 Å². The van der Waals surface area contributed by atoms with Gasteiger partial charge in [0.05, 0.1) is 18.3 Å². The molecule has 1 fully saturated rings.